The molecular weight excluding hydrogens is 787 g/mol. The fraction of sp³-hybridized carbons (Fsp3) is 0.481. The number of hydrogen-bond donors (Lipinski definition) is 1. The van der Waals surface area contributed by atoms with Crippen LogP contribution >= 0.6 is 0 Å². The first-order valence-corrected chi connectivity index (χ1v) is 15.2. The minimum atomic E-state index is -8.98. The first kappa shape index (κ1) is 42.4. The monoisotopic (exact) mass is 806 g/mol. The van der Waals surface area contributed by atoms with Crippen molar-refractivity contribution in [3.05, 3.63) is 59.7 Å². The molecule has 7 nitrogen and oxygen atoms in total. The van der Waals surface area contributed by atoms with Crippen LogP contribution in [0.25, 0.3) is 0 Å². The van der Waals surface area contributed by atoms with Crippen molar-refractivity contribution in [3.63, 3.8) is 0 Å². The summed E-state index contributed by atoms with van der Waals surface area (Å²) in [7, 11) is -7.87. The summed E-state index contributed by atoms with van der Waals surface area (Å²) in [5.41, 5.74) is -0.239. The van der Waals surface area contributed by atoms with E-state index in [4.69, 9.17) is 0 Å². The Morgan fingerprint density at radius 3 is 1.62 bits per heavy atom. The molecule has 1 aliphatic rings. The van der Waals surface area contributed by atoms with Crippen molar-refractivity contribution in [2.75, 3.05) is 11.9 Å². The molecule has 52 heavy (non-hydrogen) atoms. The van der Waals surface area contributed by atoms with Crippen LogP contribution in [0, 0.1) is 0 Å². The molecule has 25 heteroatoms. The Morgan fingerprint density at radius 2 is 1.13 bits per heavy atom. The van der Waals surface area contributed by atoms with Gasteiger partial charge in [0.15, 0.2) is 0 Å². The lowest BCUT2D eigenvalue weighted by Crippen LogP contribution is -2.75. The summed E-state index contributed by atoms with van der Waals surface area (Å²) >= 11 is 0. The summed E-state index contributed by atoms with van der Waals surface area (Å²) in [6.45, 7) is 1.59. The molecule has 1 unspecified atom stereocenters. The largest absolute Gasteiger partial charge is 0.460 e. The number of fused-ring (bicyclic) bond motifs is 1. The van der Waals surface area contributed by atoms with E-state index in [0.717, 1.165) is 4.90 Å². The smallest absolute Gasteiger partial charge is 0.378 e. The van der Waals surface area contributed by atoms with E-state index < -0.39 is 80.7 Å². The lowest BCUT2D eigenvalue weighted by atomic mass is 9.91. The molecule has 0 spiro atoms. The number of alkyl halides is 17. The predicted octanol–water partition coefficient (Wildman–Crippen LogP) is 8.30. The van der Waals surface area contributed by atoms with Crippen molar-refractivity contribution in [2.45, 2.75) is 72.8 Å². The highest BCUT2D eigenvalue weighted by Crippen LogP contribution is 2.64. The van der Waals surface area contributed by atoms with E-state index >= 15 is 0 Å². The second-order valence-electron chi connectivity index (χ2n) is 10.9. The van der Waals surface area contributed by atoms with Crippen LogP contribution in [0.4, 0.5) is 80.3 Å². The number of para-hydroxylation sites is 1. The Balaban J connectivity index is 2.00. The quantitative estimate of drug-likeness (QED) is 0.163. The number of halogens is 17. The number of hydrogen-bond acceptors (Lipinski definition) is 5. The first-order valence-electron chi connectivity index (χ1n) is 13.8. The number of carbonyl (C=O) groups is 2. The number of carbonyl (C=O) groups excluding carboxylic acids is 2. The van der Waals surface area contributed by atoms with Gasteiger partial charge in [-0.25, -0.2) is 0 Å². The second kappa shape index (κ2) is 13.1. The normalized spacial score (nSPS) is 17.4. The van der Waals surface area contributed by atoms with E-state index in [1.54, 1.807) is 6.92 Å². The van der Waals surface area contributed by atoms with Gasteiger partial charge in [-0.3, -0.25) is 9.59 Å². The molecule has 0 saturated carbocycles. The molecule has 0 radical (unpaired) electrons. The van der Waals surface area contributed by atoms with E-state index in [9.17, 15) is 92.6 Å². The van der Waals surface area contributed by atoms with Gasteiger partial charge in [0, 0.05) is 6.54 Å². The van der Waals surface area contributed by atoms with E-state index in [0.29, 0.717) is 25.0 Å². The van der Waals surface area contributed by atoms with Crippen LogP contribution in [0.2, 0.25) is 0 Å². The van der Waals surface area contributed by atoms with Crippen LogP contribution in [-0.2, 0) is 14.9 Å². The van der Waals surface area contributed by atoms with Gasteiger partial charge in [0.2, 0.25) is 0 Å². The zero-order chi connectivity index (χ0) is 40.3. The molecule has 2 aromatic rings. The van der Waals surface area contributed by atoms with E-state index in [2.05, 4.69) is 9.50 Å². The van der Waals surface area contributed by atoms with Crippen molar-refractivity contribution >= 4 is 27.6 Å². The van der Waals surface area contributed by atoms with Crippen molar-refractivity contribution in [1.82, 2.24) is 4.90 Å². The maximum Gasteiger partial charge on any atom is 0.460 e. The minimum absolute atomic E-state index is 0.00147. The molecule has 3 rings (SSSR count). The van der Waals surface area contributed by atoms with Crippen molar-refractivity contribution in [1.29, 1.82) is 0 Å². The zero-order valence-corrected chi connectivity index (χ0v) is 26.0. The molecule has 0 saturated heterocycles. The lowest BCUT2D eigenvalue weighted by molar-refractivity contribution is -0.458. The highest BCUT2D eigenvalue weighted by atomic mass is 32.2. The molecule has 1 atom stereocenters. The molecule has 0 bridgehead atoms. The SMILES string of the molecule is CCCCN1C(=O)c2ccccc2NC(=O)C1c1ccc(OS(=O)(=O)C(F)(F)C(F)(F)C(F)(F)C(F)(F)C(F)(F)C(F)(F)C(F)(F)C(F)(F)F)cc1. The number of nitrogens with zero attached hydrogens (tertiary/aromatic N) is 1. The van der Waals surface area contributed by atoms with E-state index in [1.807, 2.05) is 0 Å². The molecule has 292 valence electrons. The van der Waals surface area contributed by atoms with Gasteiger partial charge in [0.1, 0.15) is 11.8 Å². The number of rotatable bonds is 13. The molecule has 1 N–H and O–H groups in total. The minimum Gasteiger partial charge on any atom is -0.378 e. The summed E-state index contributed by atoms with van der Waals surface area (Å²) in [5, 5.41) is -5.46. The van der Waals surface area contributed by atoms with Crippen LogP contribution in [0.3, 0.4) is 0 Å². The Kier molecular flexibility index (Phi) is 10.7. The second-order valence-corrected chi connectivity index (χ2v) is 12.4. The van der Waals surface area contributed by atoms with E-state index in [1.165, 1.54) is 24.3 Å². The van der Waals surface area contributed by atoms with Crippen LogP contribution in [0.5, 0.6) is 5.75 Å². The highest BCUT2D eigenvalue weighted by molar-refractivity contribution is 7.88. The van der Waals surface area contributed by atoms with Crippen molar-refractivity contribution < 1.29 is 96.8 Å². The molecule has 0 aromatic heterocycles. The third-order valence-electron chi connectivity index (χ3n) is 7.40. The van der Waals surface area contributed by atoms with Gasteiger partial charge >= 0.3 is 57.1 Å². The van der Waals surface area contributed by atoms with Crippen LogP contribution in [0.15, 0.2) is 48.5 Å². The summed E-state index contributed by atoms with van der Waals surface area (Å²) in [5.74, 6) is -55.7. The third kappa shape index (κ3) is 6.24. The van der Waals surface area contributed by atoms with Gasteiger partial charge in [-0.2, -0.15) is 83.1 Å². The highest BCUT2D eigenvalue weighted by Gasteiger charge is 2.96. The number of unbranched alkanes of at least 4 members (excludes halogenated alkanes) is 1. The van der Waals surface area contributed by atoms with Gasteiger partial charge in [-0.1, -0.05) is 37.6 Å². The molecule has 2 amide bonds. The predicted molar refractivity (Wildman–Crippen MR) is 140 cm³/mol. The van der Waals surface area contributed by atoms with Gasteiger partial charge in [0.25, 0.3) is 11.8 Å². The molecule has 0 fully saturated rings. The van der Waals surface area contributed by atoms with E-state index in [-0.39, 0.29) is 35.5 Å². The summed E-state index contributed by atoms with van der Waals surface area (Å²) < 4.78 is 258. The fourth-order valence-electron chi connectivity index (χ4n) is 4.47. The fourth-order valence-corrected chi connectivity index (χ4v) is 5.39. The molecule has 1 heterocycles. The van der Waals surface area contributed by atoms with Crippen molar-refractivity contribution in [2.24, 2.45) is 0 Å². The average molecular weight is 806 g/mol. The Labute approximate surface area is 279 Å². The summed E-state index contributed by atoms with van der Waals surface area (Å²) in [6.07, 6.45) is -7.19. The summed E-state index contributed by atoms with van der Waals surface area (Å²) in [4.78, 5) is 27.4. The Hall–Kier alpha value is -4.06. The Bertz CT molecular complexity index is 1780. The van der Waals surface area contributed by atoms with Gasteiger partial charge < -0.3 is 14.4 Å². The molecule has 1 aliphatic heterocycles. The topological polar surface area (TPSA) is 92.8 Å². The first-order chi connectivity index (χ1) is 23.3. The molecule has 2 aromatic carbocycles. The van der Waals surface area contributed by atoms with Gasteiger partial charge in [0.05, 0.1) is 11.3 Å². The molecular formula is C27H19F17N2O5S. The maximum absolute atomic E-state index is 14.5. The number of benzene rings is 2. The van der Waals surface area contributed by atoms with Crippen LogP contribution < -0.4 is 9.50 Å². The summed E-state index contributed by atoms with van der Waals surface area (Å²) in [6, 6.07) is 5.77. The number of anilines is 1. The maximum atomic E-state index is 14.5. The van der Waals surface area contributed by atoms with Crippen LogP contribution in [-0.4, -0.2) is 78.6 Å². The Morgan fingerprint density at radius 1 is 0.673 bits per heavy atom. The van der Waals surface area contributed by atoms with Crippen molar-refractivity contribution in [3.8, 4) is 5.75 Å². The van der Waals surface area contributed by atoms with Gasteiger partial charge in [-0.15, -0.1) is 0 Å². The lowest BCUT2D eigenvalue weighted by Gasteiger charge is -2.42. The number of amides is 2. The number of nitrogens with one attached hydrogen (secondary N) is 1. The standard InChI is InChI=1S/C27H19F17N2O5S/c1-2-3-12-46-17(18(47)45-16-7-5-4-6-15(16)19(46)48)13-8-10-14(11-9-13)51-52(49,50)27(43,44)25(38,39)23(34,35)21(30,31)20(28,29)22(32,33)24(36,37)26(40,41)42/h4-11,17H,2-3,12H2,1H3,(H,45,47). The van der Waals surface area contributed by atoms with Crippen LogP contribution in [0.1, 0.15) is 41.7 Å². The molecule has 0 aliphatic carbocycles. The third-order valence-corrected chi connectivity index (χ3v) is 8.69. The van der Waals surface area contributed by atoms with Gasteiger partial charge in [-0.05, 0) is 36.2 Å². The zero-order valence-electron chi connectivity index (χ0n) is 25.1. The average Bonchev–Trinajstić information content (AvgIpc) is 3.12.